The maximum Gasteiger partial charge on any atom is 0.248 e. The lowest BCUT2D eigenvalue weighted by Crippen LogP contribution is -2.10. The van der Waals surface area contributed by atoms with Gasteiger partial charge in [0.25, 0.3) is 0 Å². The minimum Gasteiger partial charge on any atom is -0.366 e. The molecular weight excluding hydrogens is 264 g/mol. The molecule has 3 N–H and O–H groups in total. The van der Waals surface area contributed by atoms with Crippen LogP contribution in [0, 0.1) is 6.92 Å². The largest absolute Gasteiger partial charge is 0.366 e. The fourth-order valence-electron chi connectivity index (χ4n) is 2.44. The second-order valence-electron chi connectivity index (χ2n) is 5.02. The maximum absolute atomic E-state index is 11.4. The monoisotopic (exact) mass is 278 g/mol. The van der Waals surface area contributed by atoms with E-state index in [1.807, 2.05) is 37.3 Å². The number of primary amides is 1. The number of aromatic amines is 1. The van der Waals surface area contributed by atoms with E-state index in [0.29, 0.717) is 5.56 Å². The number of carbonyl (C=O) groups excluding carboxylic acids is 1. The van der Waals surface area contributed by atoms with Gasteiger partial charge in [0.15, 0.2) is 0 Å². The van der Waals surface area contributed by atoms with Crippen LogP contribution < -0.4 is 11.3 Å². The zero-order chi connectivity index (χ0) is 15.0. The van der Waals surface area contributed by atoms with Gasteiger partial charge in [0.1, 0.15) is 0 Å². The van der Waals surface area contributed by atoms with Gasteiger partial charge in [0.05, 0.1) is 5.52 Å². The predicted octanol–water partition coefficient (Wildman–Crippen LogP) is 2.60. The Labute approximate surface area is 121 Å². The van der Waals surface area contributed by atoms with Crippen molar-refractivity contribution < 1.29 is 4.79 Å². The Kier molecular flexibility index (Phi) is 3.06. The first kappa shape index (κ1) is 13.1. The number of pyridine rings is 1. The first-order chi connectivity index (χ1) is 10.0. The first-order valence-electron chi connectivity index (χ1n) is 6.58. The molecule has 2 aromatic carbocycles. The van der Waals surface area contributed by atoms with Gasteiger partial charge < -0.3 is 10.7 Å². The van der Waals surface area contributed by atoms with E-state index in [2.05, 4.69) is 4.98 Å². The van der Waals surface area contributed by atoms with Crippen molar-refractivity contribution in [3.8, 4) is 11.1 Å². The fourth-order valence-corrected chi connectivity index (χ4v) is 2.44. The molecule has 1 heterocycles. The lowest BCUT2D eigenvalue weighted by Gasteiger charge is -2.08. The second kappa shape index (κ2) is 4.90. The molecule has 21 heavy (non-hydrogen) atoms. The highest BCUT2D eigenvalue weighted by Gasteiger charge is 2.05. The summed E-state index contributed by atoms with van der Waals surface area (Å²) in [6.45, 7) is 1.96. The Morgan fingerprint density at radius 1 is 1.00 bits per heavy atom. The van der Waals surface area contributed by atoms with Gasteiger partial charge in [-0.25, -0.2) is 0 Å². The first-order valence-corrected chi connectivity index (χ1v) is 6.58. The third kappa shape index (κ3) is 2.43. The van der Waals surface area contributed by atoms with E-state index >= 15 is 0 Å². The molecule has 0 atom stereocenters. The number of nitrogens with one attached hydrogen (secondary N) is 1. The molecule has 0 aliphatic rings. The summed E-state index contributed by atoms with van der Waals surface area (Å²) in [4.78, 5) is 25.3. The number of benzene rings is 2. The highest BCUT2D eigenvalue weighted by atomic mass is 16.1. The molecule has 0 unspecified atom stereocenters. The summed E-state index contributed by atoms with van der Waals surface area (Å²) in [6.07, 6.45) is 0. The number of hydrogen-bond donors (Lipinski definition) is 2. The normalized spacial score (nSPS) is 10.7. The van der Waals surface area contributed by atoms with Gasteiger partial charge in [-0.1, -0.05) is 12.1 Å². The molecule has 0 saturated carbocycles. The van der Waals surface area contributed by atoms with Gasteiger partial charge >= 0.3 is 0 Å². The number of hydrogen-bond acceptors (Lipinski definition) is 2. The van der Waals surface area contributed by atoms with Gasteiger partial charge in [0.2, 0.25) is 11.5 Å². The van der Waals surface area contributed by atoms with E-state index in [0.717, 1.165) is 27.6 Å². The molecule has 1 aromatic heterocycles. The number of aryl methyl sites for hydroxylation is 1. The standard InChI is InChI=1S/C17H14N2O2/c1-10-8-14(9-13-6-7-15(20)19-16(10)13)11-2-4-12(5-3-11)17(18)21/h2-9H,1H3,(H2,18,21)(H,19,20). The Morgan fingerprint density at radius 3 is 2.38 bits per heavy atom. The lowest BCUT2D eigenvalue weighted by atomic mass is 9.99. The van der Waals surface area contributed by atoms with Crippen LogP contribution in [0.5, 0.6) is 0 Å². The molecule has 0 bridgehead atoms. The molecule has 0 saturated heterocycles. The molecule has 1 amide bonds. The minimum absolute atomic E-state index is 0.107. The van der Waals surface area contributed by atoms with Gasteiger partial charge in [0, 0.05) is 11.6 Å². The summed E-state index contributed by atoms with van der Waals surface area (Å²) < 4.78 is 0. The molecule has 0 spiro atoms. The fraction of sp³-hybridized carbons (Fsp3) is 0.0588. The average Bonchev–Trinajstić information content (AvgIpc) is 2.48. The molecule has 0 aliphatic heterocycles. The highest BCUT2D eigenvalue weighted by molar-refractivity contribution is 5.93. The van der Waals surface area contributed by atoms with Gasteiger partial charge in [-0.3, -0.25) is 9.59 Å². The van der Waals surface area contributed by atoms with Crippen LogP contribution in [0.4, 0.5) is 0 Å². The summed E-state index contributed by atoms with van der Waals surface area (Å²) in [6, 6.07) is 14.5. The maximum atomic E-state index is 11.4. The van der Waals surface area contributed by atoms with Crippen molar-refractivity contribution in [2.24, 2.45) is 5.73 Å². The van der Waals surface area contributed by atoms with E-state index < -0.39 is 5.91 Å². The summed E-state index contributed by atoms with van der Waals surface area (Å²) in [5, 5.41) is 0.976. The van der Waals surface area contributed by atoms with Crippen molar-refractivity contribution in [2.75, 3.05) is 0 Å². The van der Waals surface area contributed by atoms with E-state index in [1.54, 1.807) is 12.1 Å². The van der Waals surface area contributed by atoms with Crippen molar-refractivity contribution in [3.63, 3.8) is 0 Å². The zero-order valence-corrected chi connectivity index (χ0v) is 11.5. The van der Waals surface area contributed by atoms with E-state index in [9.17, 15) is 9.59 Å². The lowest BCUT2D eigenvalue weighted by molar-refractivity contribution is 0.100. The Balaban J connectivity index is 2.14. The van der Waals surface area contributed by atoms with Crippen LogP contribution in [0.3, 0.4) is 0 Å². The van der Waals surface area contributed by atoms with Crippen LogP contribution in [0.25, 0.3) is 22.0 Å². The summed E-state index contributed by atoms with van der Waals surface area (Å²) in [5.74, 6) is -0.436. The number of H-pyrrole nitrogens is 1. The Bertz CT molecular complexity index is 893. The third-order valence-electron chi connectivity index (χ3n) is 3.53. The number of aromatic nitrogens is 1. The van der Waals surface area contributed by atoms with E-state index in [4.69, 9.17) is 5.73 Å². The Hall–Kier alpha value is -2.88. The van der Waals surface area contributed by atoms with E-state index in [1.165, 1.54) is 6.07 Å². The van der Waals surface area contributed by atoms with Gasteiger partial charge in [-0.15, -0.1) is 0 Å². The van der Waals surface area contributed by atoms with Crippen LogP contribution in [0.15, 0.2) is 53.3 Å². The van der Waals surface area contributed by atoms with Gasteiger partial charge in [-0.2, -0.15) is 0 Å². The summed E-state index contributed by atoms with van der Waals surface area (Å²) >= 11 is 0. The summed E-state index contributed by atoms with van der Waals surface area (Å²) in [5.41, 5.74) is 9.50. The number of nitrogens with two attached hydrogens (primary N) is 1. The number of rotatable bonds is 2. The van der Waals surface area contributed by atoms with E-state index in [-0.39, 0.29) is 5.56 Å². The molecule has 104 valence electrons. The number of carbonyl (C=O) groups is 1. The zero-order valence-electron chi connectivity index (χ0n) is 11.5. The van der Waals surface area contributed by atoms with Crippen LogP contribution in [-0.2, 0) is 0 Å². The molecular formula is C17H14N2O2. The van der Waals surface area contributed by atoms with Gasteiger partial charge in [-0.05, 0) is 59.3 Å². The van der Waals surface area contributed by atoms with Crippen molar-refractivity contribution in [1.82, 2.24) is 4.98 Å². The second-order valence-corrected chi connectivity index (χ2v) is 5.02. The van der Waals surface area contributed by atoms with Crippen molar-refractivity contribution in [3.05, 3.63) is 70.0 Å². The van der Waals surface area contributed by atoms with Crippen LogP contribution in [0.2, 0.25) is 0 Å². The Morgan fingerprint density at radius 2 is 1.71 bits per heavy atom. The SMILES string of the molecule is Cc1cc(-c2ccc(C(N)=O)cc2)cc2ccc(=O)[nH]c12. The van der Waals surface area contributed by atoms with Crippen LogP contribution >= 0.6 is 0 Å². The van der Waals surface area contributed by atoms with Crippen molar-refractivity contribution in [1.29, 1.82) is 0 Å². The third-order valence-corrected chi connectivity index (χ3v) is 3.53. The quantitative estimate of drug-likeness (QED) is 0.756. The molecule has 3 aromatic rings. The predicted molar refractivity (Wildman–Crippen MR) is 83.3 cm³/mol. The van der Waals surface area contributed by atoms with Crippen LogP contribution in [0.1, 0.15) is 15.9 Å². The van der Waals surface area contributed by atoms with Crippen molar-refractivity contribution in [2.45, 2.75) is 6.92 Å². The highest BCUT2D eigenvalue weighted by Crippen LogP contribution is 2.26. The van der Waals surface area contributed by atoms with Crippen molar-refractivity contribution >= 4 is 16.8 Å². The molecule has 0 fully saturated rings. The topological polar surface area (TPSA) is 76.0 Å². The molecule has 0 radical (unpaired) electrons. The smallest absolute Gasteiger partial charge is 0.248 e. The number of amides is 1. The minimum atomic E-state index is -0.436. The van der Waals surface area contributed by atoms with Crippen LogP contribution in [-0.4, -0.2) is 10.9 Å². The molecule has 0 aliphatic carbocycles. The molecule has 4 nitrogen and oxygen atoms in total. The molecule has 3 rings (SSSR count). The summed E-state index contributed by atoms with van der Waals surface area (Å²) in [7, 11) is 0. The number of fused-ring (bicyclic) bond motifs is 1. The average molecular weight is 278 g/mol. The molecule has 4 heteroatoms.